The average Bonchev–Trinajstić information content (AvgIpc) is 3.63. The predicted octanol–water partition coefficient (Wildman–Crippen LogP) is 13.6. The van der Waals surface area contributed by atoms with E-state index < -0.39 is 0 Å². The molecular weight excluding hydrogens is 713 g/mol. The van der Waals surface area contributed by atoms with Crippen LogP contribution in [-0.4, -0.2) is 14.5 Å². The molecule has 9 aromatic rings. The number of nitrogens with zero attached hydrogens (tertiary/aromatic N) is 8. The topological polar surface area (TPSA) is 70.8 Å². The molecule has 8 heteroatoms. The van der Waals surface area contributed by atoms with Crippen molar-refractivity contribution < 1.29 is 0 Å². The van der Waals surface area contributed by atoms with E-state index in [0.717, 1.165) is 61.2 Å². The molecule has 0 saturated heterocycles. The Balaban J connectivity index is 1.15. The number of hydrogen-bond acceptors (Lipinski definition) is 4. The number of rotatable bonds is 7. The van der Waals surface area contributed by atoms with Crippen LogP contribution >= 0.6 is 0 Å². The van der Waals surface area contributed by atoms with Crippen LogP contribution in [0.4, 0.5) is 34.1 Å². The maximum atomic E-state index is 9.47. The van der Waals surface area contributed by atoms with Gasteiger partial charge < -0.3 is 9.47 Å². The molecule has 0 saturated carbocycles. The summed E-state index contributed by atoms with van der Waals surface area (Å²) >= 11 is 0. The first-order valence-corrected chi connectivity index (χ1v) is 18.3. The normalized spacial score (nSPS) is 10.7. The summed E-state index contributed by atoms with van der Waals surface area (Å²) < 4.78 is 2.26. The van der Waals surface area contributed by atoms with Gasteiger partial charge in [-0.05, 0) is 96.6 Å². The Labute approximate surface area is 334 Å². The van der Waals surface area contributed by atoms with Crippen LogP contribution in [0.1, 0.15) is 5.56 Å². The minimum atomic E-state index is 0.492. The van der Waals surface area contributed by atoms with Crippen molar-refractivity contribution in [3.05, 3.63) is 210 Å². The summed E-state index contributed by atoms with van der Waals surface area (Å²) in [5.41, 5.74) is 11.8. The summed E-state index contributed by atoms with van der Waals surface area (Å²) in [6.45, 7) is 22.5. The Hall–Kier alpha value is -8.82. The molecule has 0 amide bonds. The van der Waals surface area contributed by atoms with Crippen molar-refractivity contribution in [3.8, 4) is 45.7 Å². The average molecular weight is 741 g/mol. The highest BCUT2D eigenvalue weighted by atomic mass is 15.1. The molecule has 0 radical (unpaired) electrons. The van der Waals surface area contributed by atoms with Gasteiger partial charge in [0.1, 0.15) is 0 Å². The van der Waals surface area contributed by atoms with Gasteiger partial charge in [-0.3, -0.25) is 0 Å². The monoisotopic (exact) mass is 740 g/mol. The lowest BCUT2D eigenvalue weighted by Gasteiger charge is -2.26. The number of anilines is 3. The standard InChI is InChI=1S/C50H28N8/c1-52-37-18-24-41(25-19-37)57(40-20-14-33(32-51)15-21-40)43-26-27-49-45(30-43)44-12-4-5-13-48(44)58(49)42-22-16-34(17-23-42)46-31-47(35-8-6-10-38(28-35)53-2)56-50(55-46)36-9-7-11-39(29-36)54-3/h4-31H. The highest BCUT2D eigenvalue weighted by molar-refractivity contribution is 6.10. The molecule has 268 valence electrons. The van der Waals surface area contributed by atoms with Crippen molar-refractivity contribution in [1.29, 1.82) is 5.26 Å². The zero-order chi connectivity index (χ0) is 39.6. The smallest absolute Gasteiger partial charge is 0.187 e. The molecule has 58 heavy (non-hydrogen) atoms. The van der Waals surface area contributed by atoms with E-state index in [1.165, 1.54) is 0 Å². The van der Waals surface area contributed by atoms with Crippen molar-refractivity contribution in [2.45, 2.75) is 0 Å². The quantitative estimate of drug-likeness (QED) is 0.153. The molecule has 0 fully saturated rings. The zero-order valence-corrected chi connectivity index (χ0v) is 30.7. The first-order valence-electron chi connectivity index (χ1n) is 18.3. The molecule has 0 aliphatic carbocycles. The van der Waals surface area contributed by atoms with Gasteiger partial charge >= 0.3 is 0 Å². The molecule has 8 nitrogen and oxygen atoms in total. The van der Waals surface area contributed by atoms with Gasteiger partial charge in [-0.1, -0.05) is 78.9 Å². The van der Waals surface area contributed by atoms with Crippen LogP contribution in [0.15, 0.2) is 170 Å². The molecule has 2 aromatic heterocycles. The van der Waals surface area contributed by atoms with Gasteiger partial charge in [0, 0.05) is 44.6 Å². The van der Waals surface area contributed by atoms with Crippen molar-refractivity contribution in [2.75, 3.05) is 4.90 Å². The van der Waals surface area contributed by atoms with Gasteiger partial charge in [0.25, 0.3) is 0 Å². The van der Waals surface area contributed by atoms with E-state index in [1.54, 1.807) is 18.2 Å². The highest BCUT2D eigenvalue weighted by Crippen LogP contribution is 2.40. The van der Waals surface area contributed by atoms with E-state index in [1.807, 2.05) is 91.0 Å². The lowest BCUT2D eigenvalue weighted by atomic mass is 10.1. The molecule has 9 rings (SSSR count). The van der Waals surface area contributed by atoms with Crippen molar-refractivity contribution in [3.63, 3.8) is 0 Å². The molecule has 7 aromatic carbocycles. The van der Waals surface area contributed by atoms with Crippen molar-refractivity contribution >= 4 is 55.9 Å². The Morgan fingerprint density at radius 1 is 0.483 bits per heavy atom. The fraction of sp³-hybridized carbons (Fsp3) is 0. The fourth-order valence-corrected chi connectivity index (χ4v) is 7.29. The van der Waals surface area contributed by atoms with Crippen LogP contribution in [0.3, 0.4) is 0 Å². The van der Waals surface area contributed by atoms with Crippen LogP contribution in [0.5, 0.6) is 0 Å². The predicted molar refractivity (Wildman–Crippen MR) is 231 cm³/mol. The first-order chi connectivity index (χ1) is 28.5. The second-order valence-electron chi connectivity index (χ2n) is 13.5. The van der Waals surface area contributed by atoms with E-state index in [0.29, 0.717) is 39.8 Å². The van der Waals surface area contributed by atoms with E-state index in [9.17, 15) is 5.26 Å². The van der Waals surface area contributed by atoms with Gasteiger partial charge in [0.15, 0.2) is 22.9 Å². The number of hydrogen-bond donors (Lipinski definition) is 0. The lowest BCUT2D eigenvalue weighted by molar-refractivity contribution is 1.17. The Bertz CT molecular complexity index is 3070. The van der Waals surface area contributed by atoms with Crippen LogP contribution < -0.4 is 4.90 Å². The van der Waals surface area contributed by atoms with E-state index in [-0.39, 0.29) is 0 Å². The van der Waals surface area contributed by atoms with E-state index in [2.05, 4.69) is 90.7 Å². The summed E-state index contributed by atoms with van der Waals surface area (Å²) in [6, 6.07) is 57.0. The summed E-state index contributed by atoms with van der Waals surface area (Å²) in [4.78, 5) is 22.8. The summed E-state index contributed by atoms with van der Waals surface area (Å²) in [5.74, 6) is 0.492. The second-order valence-corrected chi connectivity index (χ2v) is 13.5. The third kappa shape index (κ3) is 6.42. The number of fused-ring (bicyclic) bond motifs is 3. The highest BCUT2D eigenvalue weighted by Gasteiger charge is 2.18. The van der Waals surface area contributed by atoms with Gasteiger partial charge in [-0.25, -0.2) is 24.5 Å². The van der Waals surface area contributed by atoms with Gasteiger partial charge in [-0.15, -0.1) is 0 Å². The molecule has 0 aliphatic rings. The molecule has 0 N–H and O–H groups in total. The molecule has 0 bridgehead atoms. The van der Waals surface area contributed by atoms with Gasteiger partial charge in [0.05, 0.1) is 53.8 Å². The van der Waals surface area contributed by atoms with Crippen LogP contribution in [-0.2, 0) is 0 Å². The molecule has 0 aliphatic heterocycles. The summed E-state index contributed by atoms with van der Waals surface area (Å²) in [5, 5.41) is 11.6. The number of nitriles is 1. The lowest BCUT2D eigenvalue weighted by Crippen LogP contribution is -2.09. The van der Waals surface area contributed by atoms with Gasteiger partial charge in [0.2, 0.25) is 0 Å². The van der Waals surface area contributed by atoms with Crippen LogP contribution in [0.25, 0.3) is 75.9 Å². The largest absolute Gasteiger partial charge is 0.311 e. The maximum Gasteiger partial charge on any atom is 0.187 e. The fourth-order valence-electron chi connectivity index (χ4n) is 7.29. The minimum absolute atomic E-state index is 0.492. The Morgan fingerprint density at radius 2 is 1.07 bits per heavy atom. The minimum Gasteiger partial charge on any atom is -0.311 e. The first kappa shape index (κ1) is 34.9. The van der Waals surface area contributed by atoms with Crippen molar-refractivity contribution in [1.82, 2.24) is 14.5 Å². The zero-order valence-electron chi connectivity index (χ0n) is 30.7. The summed E-state index contributed by atoms with van der Waals surface area (Å²) in [6.07, 6.45) is 0. The summed E-state index contributed by atoms with van der Waals surface area (Å²) in [7, 11) is 0. The Morgan fingerprint density at radius 3 is 1.74 bits per heavy atom. The van der Waals surface area contributed by atoms with Crippen LogP contribution in [0, 0.1) is 31.0 Å². The second kappa shape index (κ2) is 14.8. The molecular formula is C50H28N8. The van der Waals surface area contributed by atoms with Crippen molar-refractivity contribution in [2.24, 2.45) is 0 Å². The molecule has 0 atom stereocenters. The third-order valence-corrected chi connectivity index (χ3v) is 10.1. The third-order valence-electron chi connectivity index (χ3n) is 10.1. The maximum absolute atomic E-state index is 9.47. The number of para-hydroxylation sites is 1. The van der Waals surface area contributed by atoms with E-state index in [4.69, 9.17) is 29.7 Å². The van der Waals surface area contributed by atoms with E-state index >= 15 is 0 Å². The van der Waals surface area contributed by atoms with Gasteiger partial charge in [-0.2, -0.15) is 5.26 Å². The van der Waals surface area contributed by atoms with Crippen LogP contribution in [0.2, 0.25) is 0 Å². The Kier molecular flexibility index (Phi) is 8.90. The number of benzene rings is 7. The number of aromatic nitrogens is 3. The molecule has 2 heterocycles. The SMILES string of the molecule is [C-]#[N+]c1ccc(N(c2ccc(C#N)cc2)c2ccc3c(c2)c2ccccc2n3-c2ccc(-c3cc(-c4cccc([N+]#[C-])c4)nc(-c4cccc([N+]#[C-])c4)n3)cc2)cc1. The molecule has 0 unspecified atom stereocenters. The molecule has 0 spiro atoms.